The fraction of sp³-hybridized carbons (Fsp3) is 0.500. The van der Waals surface area contributed by atoms with Gasteiger partial charge in [-0.3, -0.25) is 4.79 Å². The molecule has 1 aromatic rings. The Morgan fingerprint density at radius 2 is 1.72 bits per heavy atom. The van der Waals surface area contributed by atoms with Crippen LogP contribution in [0.4, 0.5) is 0 Å². The first-order valence-corrected chi connectivity index (χ1v) is 7.95. The molecule has 18 heavy (non-hydrogen) atoms. The molecule has 0 amide bonds. The van der Waals surface area contributed by atoms with Gasteiger partial charge in [0.15, 0.2) is 15.6 Å². The van der Waals surface area contributed by atoms with Crippen molar-refractivity contribution in [2.75, 3.05) is 5.75 Å². The normalized spacial score (nSPS) is 11.7. The maximum absolute atomic E-state index is 11.8. The van der Waals surface area contributed by atoms with E-state index in [1.807, 2.05) is 18.2 Å². The Morgan fingerprint density at radius 1 is 1.11 bits per heavy atom. The fourth-order valence-electron chi connectivity index (χ4n) is 1.59. The first-order valence-electron chi connectivity index (χ1n) is 6.23. The van der Waals surface area contributed by atoms with Crippen molar-refractivity contribution in [1.29, 1.82) is 0 Å². The highest BCUT2D eigenvalue weighted by atomic mass is 32.2. The summed E-state index contributed by atoms with van der Waals surface area (Å²) in [6.07, 6.45) is 1.59. The average molecular weight is 268 g/mol. The first-order chi connectivity index (χ1) is 8.43. The topological polar surface area (TPSA) is 51.2 Å². The van der Waals surface area contributed by atoms with E-state index >= 15 is 0 Å². The Morgan fingerprint density at radius 3 is 2.28 bits per heavy atom. The summed E-state index contributed by atoms with van der Waals surface area (Å²) in [5, 5.41) is -0.331. The quantitative estimate of drug-likeness (QED) is 0.564. The van der Waals surface area contributed by atoms with E-state index in [0.29, 0.717) is 24.8 Å². The standard InChI is InChI=1S/C14H20O3S/c1-12(2)18(16,17)11-7-6-10-14(15)13-8-4-3-5-9-13/h3-5,8-9,12H,6-7,10-11H2,1-2H3. The van der Waals surface area contributed by atoms with Crippen molar-refractivity contribution >= 4 is 15.6 Å². The molecule has 0 saturated heterocycles. The summed E-state index contributed by atoms with van der Waals surface area (Å²) in [5.41, 5.74) is 0.698. The van der Waals surface area contributed by atoms with Gasteiger partial charge in [0, 0.05) is 12.0 Å². The van der Waals surface area contributed by atoms with Crippen LogP contribution in [0.15, 0.2) is 30.3 Å². The molecule has 0 bridgehead atoms. The van der Waals surface area contributed by atoms with Crippen LogP contribution in [0.1, 0.15) is 43.5 Å². The van der Waals surface area contributed by atoms with E-state index in [0.717, 1.165) is 0 Å². The summed E-state index contributed by atoms with van der Waals surface area (Å²) in [5.74, 6) is 0.254. The lowest BCUT2D eigenvalue weighted by Gasteiger charge is -2.06. The van der Waals surface area contributed by atoms with Gasteiger partial charge in [0.1, 0.15) is 0 Å². The maximum atomic E-state index is 11.8. The van der Waals surface area contributed by atoms with Gasteiger partial charge in [-0.2, -0.15) is 0 Å². The molecule has 0 spiro atoms. The predicted molar refractivity (Wildman–Crippen MR) is 73.5 cm³/mol. The molecule has 100 valence electrons. The van der Waals surface area contributed by atoms with Crippen LogP contribution in [0.3, 0.4) is 0 Å². The lowest BCUT2D eigenvalue weighted by atomic mass is 10.1. The van der Waals surface area contributed by atoms with Crippen LogP contribution < -0.4 is 0 Å². The molecule has 0 radical (unpaired) electrons. The summed E-state index contributed by atoms with van der Waals surface area (Å²) >= 11 is 0. The van der Waals surface area contributed by atoms with E-state index in [4.69, 9.17) is 0 Å². The highest BCUT2D eigenvalue weighted by Gasteiger charge is 2.15. The van der Waals surface area contributed by atoms with Gasteiger partial charge < -0.3 is 0 Å². The second kappa shape index (κ2) is 6.69. The van der Waals surface area contributed by atoms with Crippen LogP contribution in [0, 0.1) is 0 Å². The average Bonchev–Trinajstić information content (AvgIpc) is 2.35. The minimum Gasteiger partial charge on any atom is -0.294 e. The van der Waals surface area contributed by atoms with Crippen LogP contribution in [0.2, 0.25) is 0 Å². The van der Waals surface area contributed by atoms with Crippen LogP contribution in [-0.2, 0) is 9.84 Å². The molecule has 0 saturated carbocycles. The molecule has 0 unspecified atom stereocenters. The number of ketones is 1. The molecule has 0 heterocycles. The number of hydrogen-bond acceptors (Lipinski definition) is 3. The molecule has 0 atom stereocenters. The lowest BCUT2D eigenvalue weighted by molar-refractivity contribution is 0.0980. The van der Waals surface area contributed by atoms with Crippen molar-refractivity contribution in [1.82, 2.24) is 0 Å². The third kappa shape index (κ3) is 4.61. The van der Waals surface area contributed by atoms with E-state index in [-0.39, 0.29) is 16.8 Å². The number of sulfone groups is 1. The SMILES string of the molecule is CC(C)S(=O)(=O)CCCCC(=O)c1ccccc1. The first kappa shape index (κ1) is 14.9. The van der Waals surface area contributed by atoms with Crippen LogP contribution in [0.5, 0.6) is 0 Å². The van der Waals surface area contributed by atoms with E-state index < -0.39 is 9.84 Å². The summed E-state index contributed by atoms with van der Waals surface area (Å²) in [7, 11) is -2.97. The smallest absolute Gasteiger partial charge is 0.162 e. The number of unbranched alkanes of at least 4 members (excludes halogenated alkanes) is 1. The number of carbonyl (C=O) groups is 1. The number of hydrogen-bond donors (Lipinski definition) is 0. The Bertz CT molecular complexity index is 475. The van der Waals surface area contributed by atoms with Crippen molar-refractivity contribution in [2.45, 2.75) is 38.4 Å². The van der Waals surface area contributed by atoms with Crippen LogP contribution in [0.25, 0.3) is 0 Å². The Hall–Kier alpha value is -1.16. The van der Waals surface area contributed by atoms with Crippen molar-refractivity contribution < 1.29 is 13.2 Å². The van der Waals surface area contributed by atoms with Gasteiger partial charge in [0.2, 0.25) is 0 Å². The second-order valence-electron chi connectivity index (χ2n) is 4.66. The molecule has 0 aliphatic heterocycles. The minimum atomic E-state index is -2.97. The summed E-state index contributed by atoms with van der Waals surface area (Å²) < 4.78 is 23.1. The highest BCUT2D eigenvalue weighted by molar-refractivity contribution is 7.91. The third-order valence-corrected chi connectivity index (χ3v) is 5.19. The molecular formula is C14H20O3S. The second-order valence-corrected chi connectivity index (χ2v) is 7.34. The van der Waals surface area contributed by atoms with Gasteiger partial charge >= 0.3 is 0 Å². The fourth-order valence-corrected chi connectivity index (χ4v) is 2.67. The van der Waals surface area contributed by atoms with Crippen molar-refractivity contribution in [3.8, 4) is 0 Å². The van der Waals surface area contributed by atoms with Gasteiger partial charge in [0.25, 0.3) is 0 Å². The molecule has 3 nitrogen and oxygen atoms in total. The molecule has 1 rings (SSSR count). The van der Waals surface area contributed by atoms with Gasteiger partial charge in [-0.05, 0) is 26.7 Å². The van der Waals surface area contributed by atoms with Crippen LogP contribution in [-0.4, -0.2) is 25.2 Å². The molecule has 0 N–H and O–H groups in total. The maximum Gasteiger partial charge on any atom is 0.162 e. The summed E-state index contributed by atoms with van der Waals surface area (Å²) in [6, 6.07) is 9.10. The minimum absolute atomic E-state index is 0.0811. The molecule has 0 aliphatic carbocycles. The van der Waals surface area contributed by atoms with Gasteiger partial charge in [-0.1, -0.05) is 30.3 Å². The zero-order valence-electron chi connectivity index (χ0n) is 10.9. The highest BCUT2D eigenvalue weighted by Crippen LogP contribution is 2.09. The van der Waals surface area contributed by atoms with Crippen molar-refractivity contribution in [3.05, 3.63) is 35.9 Å². The van der Waals surface area contributed by atoms with Crippen molar-refractivity contribution in [2.24, 2.45) is 0 Å². The molecule has 0 aliphatic rings. The summed E-state index contributed by atoms with van der Waals surface area (Å²) in [4.78, 5) is 11.8. The lowest BCUT2D eigenvalue weighted by Crippen LogP contribution is -2.17. The predicted octanol–water partition coefficient (Wildman–Crippen LogP) is 2.86. The molecular weight excluding hydrogens is 248 g/mol. The summed E-state index contributed by atoms with van der Waals surface area (Å²) in [6.45, 7) is 3.37. The molecule has 1 aromatic carbocycles. The van der Waals surface area contributed by atoms with E-state index in [9.17, 15) is 13.2 Å². The molecule has 0 aromatic heterocycles. The number of carbonyl (C=O) groups excluding carboxylic acids is 1. The monoisotopic (exact) mass is 268 g/mol. The Kier molecular flexibility index (Phi) is 5.54. The van der Waals surface area contributed by atoms with E-state index in [1.165, 1.54) is 0 Å². The van der Waals surface area contributed by atoms with Crippen LogP contribution >= 0.6 is 0 Å². The van der Waals surface area contributed by atoms with Gasteiger partial charge in [-0.25, -0.2) is 8.42 Å². The Labute approximate surface area is 109 Å². The Balaban J connectivity index is 2.34. The zero-order valence-corrected chi connectivity index (χ0v) is 11.7. The molecule has 4 heteroatoms. The zero-order chi connectivity index (χ0) is 13.6. The largest absolute Gasteiger partial charge is 0.294 e. The van der Waals surface area contributed by atoms with Gasteiger partial charge in [-0.15, -0.1) is 0 Å². The van der Waals surface area contributed by atoms with E-state index in [1.54, 1.807) is 26.0 Å². The number of benzene rings is 1. The number of Topliss-reactive ketones (excluding diaryl/α,β-unsaturated/α-hetero) is 1. The third-order valence-electron chi connectivity index (χ3n) is 2.90. The van der Waals surface area contributed by atoms with Crippen molar-refractivity contribution in [3.63, 3.8) is 0 Å². The number of rotatable bonds is 7. The van der Waals surface area contributed by atoms with Gasteiger partial charge in [0.05, 0.1) is 11.0 Å². The van der Waals surface area contributed by atoms with E-state index in [2.05, 4.69) is 0 Å². The molecule has 0 fully saturated rings.